The first-order chi connectivity index (χ1) is 10.0. The number of nitrogens with zero attached hydrogens (tertiary/aromatic N) is 4. The molecule has 0 unspecified atom stereocenters. The maximum atomic E-state index is 12.4. The van der Waals surface area contributed by atoms with Crippen molar-refractivity contribution in [1.82, 2.24) is 0 Å². The lowest BCUT2D eigenvalue weighted by Gasteiger charge is -2.45. The van der Waals surface area contributed by atoms with Crippen molar-refractivity contribution in [3.05, 3.63) is 0 Å². The smallest absolute Gasteiger partial charge is 0.182 e. The number of Topliss-reactive ketones (excluding diaryl/α,β-unsaturated/α-hetero) is 1. The molecular weight excluding hydrogens is 264 g/mol. The molecule has 0 saturated heterocycles. The molecule has 0 aromatic carbocycles. The highest BCUT2D eigenvalue weighted by Gasteiger charge is 2.65. The van der Waals surface area contributed by atoms with Crippen molar-refractivity contribution in [2.45, 2.75) is 46.0 Å². The van der Waals surface area contributed by atoms with Gasteiger partial charge in [0.1, 0.15) is 5.78 Å². The molecule has 0 aliphatic heterocycles. The Morgan fingerprint density at radius 1 is 1.00 bits per heavy atom. The van der Waals surface area contributed by atoms with Crippen LogP contribution in [0.4, 0.5) is 0 Å². The fourth-order valence-electron chi connectivity index (χ4n) is 3.44. The predicted molar refractivity (Wildman–Crippen MR) is 73.7 cm³/mol. The first-order valence-electron chi connectivity index (χ1n) is 7.20. The van der Waals surface area contributed by atoms with E-state index in [2.05, 4.69) is 0 Å². The minimum absolute atomic E-state index is 0.167. The summed E-state index contributed by atoms with van der Waals surface area (Å²) in [4.78, 5) is 12.4. The molecule has 2 atom stereocenters. The van der Waals surface area contributed by atoms with Gasteiger partial charge in [-0.2, -0.15) is 21.0 Å². The van der Waals surface area contributed by atoms with Gasteiger partial charge in [-0.25, -0.2) is 0 Å². The van der Waals surface area contributed by atoms with E-state index < -0.39 is 22.7 Å². The average molecular weight is 282 g/mol. The number of hydrogen-bond acceptors (Lipinski definition) is 5. The number of carbonyl (C=O) groups excluding carboxylic acids is 1. The topological polar surface area (TPSA) is 112 Å². The quantitative estimate of drug-likeness (QED) is 0.786. The molecule has 1 saturated carbocycles. The SMILES string of the molecule is CCC[C@@H]1C(=O)CC(C#N)(C#N)C(C#N)(C#N)[C@H]1CCC. The van der Waals surface area contributed by atoms with Gasteiger partial charge >= 0.3 is 0 Å². The summed E-state index contributed by atoms with van der Waals surface area (Å²) in [5, 5.41) is 38.1. The highest BCUT2D eigenvalue weighted by molar-refractivity contribution is 5.85. The summed E-state index contributed by atoms with van der Waals surface area (Å²) in [5.74, 6) is -1.14. The number of rotatable bonds is 4. The number of carbonyl (C=O) groups is 1. The van der Waals surface area contributed by atoms with E-state index in [4.69, 9.17) is 0 Å². The molecular formula is C16H18N4O. The van der Waals surface area contributed by atoms with E-state index in [-0.39, 0.29) is 12.2 Å². The van der Waals surface area contributed by atoms with Crippen LogP contribution in [0.2, 0.25) is 0 Å². The molecule has 0 aromatic rings. The minimum atomic E-state index is -1.86. The standard InChI is InChI=1S/C16H18N4O/c1-3-5-12-13(6-4-2)16(10-19,11-20)15(8-17,9-18)7-14(12)21/h12-13H,3-7H2,1-2H3/t12-,13-/m0/s1. The minimum Gasteiger partial charge on any atom is -0.299 e. The fourth-order valence-corrected chi connectivity index (χ4v) is 3.44. The molecule has 1 rings (SSSR count). The molecule has 21 heavy (non-hydrogen) atoms. The molecule has 0 bridgehead atoms. The molecule has 0 aromatic heterocycles. The molecule has 0 amide bonds. The normalized spacial score (nSPS) is 25.9. The van der Waals surface area contributed by atoms with Crippen LogP contribution in [-0.2, 0) is 4.79 Å². The van der Waals surface area contributed by atoms with Gasteiger partial charge in [-0.05, 0) is 12.8 Å². The molecule has 1 aliphatic rings. The van der Waals surface area contributed by atoms with Gasteiger partial charge in [0.25, 0.3) is 0 Å². The molecule has 0 spiro atoms. The first kappa shape index (κ1) is 16.7. The Kier molecular flexibility index (Phi) is 5.07. The van der Waals surface area contributed by atoms with E-state index in [1.165, 1.54) is 0 Å². The monoisotopic (exact) mass is 282 g/mol. The van der Waals surface area contributed by atoms with Crippen molar-refractivity contribution in [2.24, 2.45) is 22.7 Å². The van der Waals surface area contributed by atoms with Gasteiger partial charge in [0.15, 0.2) is 10.8 Å². The van der Waals surface area contributed by atoms with Crippen molar-refractivity contribution in [3.8, 4) is 24.3 Å². The second-order valence-electron chi connectivity index (χ2n) is 5.59. The Morgan fingerprint density at radius 3 is 1.90 bits per heavy atom. The van der Waals surface area contributed by atoms with Crippen LogP contribution in [0.3, 0.4) is 0 Å². The van der Waals surface area contributed by atoms with Crippen LogP contribution in [0.5, 0.6) is 0 Å². The van der Waals surface area contributed by atoms with Crippen molar-refractivity contribution in [1.29, 1.82) is 21.0 Å². The highest BCUT2D eigenvalue weighted by Crippen LogP contribution is 2.56. The van der Waals surface area contributed by atoms with Gasteiger partial charge in [0.05, 0.1) is 24.3 Å². The number of hydrogen-bond donors (Lipinski definition) is 0. The molecule has 5 nitrogen and oxygen atoms in total. The highest BCUT2D eigenvalue weighted by atomic mass is 16.1. The Hall–Kier alpha value is -2.37. The summed E-state index contributed by atoms with van der Waals surface area (Å²) in [5.41, 5.74) is -3.60. The zero-order valence-electron chi connectivity index (χ0n) is 12.4. The summed E-state index contributed by atoms with van der Waals surface area (Å²) in [6.07, 6.45) is 2.20. The molecule has 1 fully saturated rings. The third-order valence-corrected chi connectivity index (χ3v) is 4.50. The third-order valence-electron chi connectivity index (χ3n) is 4.50. The summed E-state index contributed by atoms with van der Waals surface area (Å²) in [6.45, 7) is 3.84. The Morgan fingerprint density at radius 2 is 1.52 bits per heavy atom. The van der Waals surface area contributed by atoms with Crippen LogP contribution in [0, 0.1) is 68.0 Å². The van der Waals surface area contributed by atoms with Crippen LogP contribution < -0.4 is 0 Å². The second-order valence-corrected chi connectivity index (χ2v) is 5.59. The van der Waals surface area contributed by atoms with Crippen molar-refractivity contribution >= 4 is 5.78 Å². The van der Waals surface area contributed by atoms with Gasteiger partial charge in [-0.1, -0.05) is 26.7 Å². The Balaban J connectivity index is 3.57. The zero-order valence-corrected chi connectivity index (χ0v) is 12.4. The number of nitriles is 4. The third kappa shape index (κ3) is 2.26. The second kappa shape index (κ2) is 6.39. The lowest BCUT2D eigenvalue weighted by Crippen LogP contribution is -2.54. The average Bonchev–Trinajstić information content (AvgIpc) is 2.51. The van der Waals surface area contributed by atoms with Gasteiger partial charge in [-0.15, -0.1) is 0 Å². The largest absolute Gasteiger partial charge is 0.299 e. The fraction of sp³-hybridized carbons (Fsp3) is 0.688. The van der Waals surface area contributed by atoms with E-state index in [1.807, 2.05) is 38.1 Å². The molecule has 5 heteroatoms. The summed E-state index contributed by atoms with van der Waals surface area (Å²) >= 11 is 0. The Labute approximate surface area is 125 Å². The lowest BCUT2D eigenvalue weighted by atomic mass is 9.49. The summed E-state index contributed by atoms with van der Waals surface area (Å²) in [7, 11) is 0. The van der Waals surface area contributed by atoms with Crippen LogP contribution in [-0.4, -0.2) is 5.78 Å². The maximum Gasteiger partial charge on any atom is 0.182 e. The molecule has 108 valence electrons. The molecule has 0 heterocycles. The zero-order chi connectivity index (χ0) is 16.1. The van der Waals surface area contributed by atoms with E-state index in [1.54, 1.807) is 0 Å². The van der Waals surface area contributed by atoms with Crippen molar-refractivity contribution in [3.63, 3.8) is 0 Å². The molecule has 1 aliphatic carbocycles. The van der Waals surface area contributed by atoms with Crippen LogP contribution in [0.1, 0.15) is 46.0 Å². The van der Waals surface area contributed by atoms with E-state index in [9.17, 15) is 25.8 Å². The molecule has 0 radical (unpaired) electrons. The summed E-state index contributed by atoms with van der Waals surface area (Å²) < 4.78 is 0. The van der Waals surface area contributed by atoms with E-state index in [0.717, 1.165) is 6.42 Å². The van der Waals surface area contributed by atoms with Gasteiger partial charge < -0.3 is 0 Å². The van der Waals surface area contributed by atoms with Crippen molar-refractivity contribution < 1.29 is 4.79 Å². The van der Waals surface area contributed by atoms with Crippen LogP contribution in [0.25, 0.3) is 0 Å². The first-order valence-corrected chi connectivity index (χ1v) is 7.20. The molecule has 0 N–H and O–H groups in total. The van der Waals surface area contributed by atoms with Gasteiger partial charge in [-0.3, -0.25) is 4.79 Å². The van der Waals surface area contributed by atoms with E-state index in [0.29, 0.717) is 19.3 Å². The van der Waals surface area contributed by atoms with Crippen LogP contribution in [0.15, 0.2) is 0 Å². The van der Waals surface area contributed by atoms with E-state index >= 15 is 0 Å². The van der Waals surface area contributed by atoms with Crippen LogP contribution >= 0.6 is 0 Å². The summed E-state index contributed by atoms with van der Waals surface area (Å²) in [6, 6.07) is 7.52. The van der Waals surface area contributed by atoms with Gasteiger partial charge in [0, 0.05) is 18.3 Å². The number of ketones is 1. The Bertz CT molecular complexity index is 553. The predicted octanol–water partition coefficient (Wildman–Crippen LogP) is 2.86. The lowest BCUT2D eigenvalue weighted by molar-refractivity contribution is -0.133. The maximum absolute atomic E-state index is 12.4. The van der Waals surface area contributed by atoms with Gasteiger partial charge in [0.2, 0.25) is 0 Å². The van der Waals surface area contributed by atoms with Crippen molar-refractivity contribution in [2.75, 3.05) is 0 Å².